The summed E-state index contributed by atoms with van der Waals surface area (Å²) >= 11 is 0. The van der Waals surface area contributed by atoms with E-state index in [1.54, 1.807) is 7.11 Å². The Morgan fingerprint density at radius 3 is 1.73 bits per heavy atom. The fourth-order valence-electron chi connectivity index (χ4n) is 4.52. The number of phosphoric ester groups is 1. The van der Waals surface area contributed by atoms with Crippen LogP contribution in [0.5, 0.6) is 0 Å². The zero-order valence-corrected chi connectivity index (χ0v) is 28.5. The molecule has 5 N–H and O–H groups in total. The molecule has 0 fully saturated rings. The molecule has 0 bridgehead atoms. The number of allylic oxidation sites excluding steroid dienone is 4. The molecule has 0 heterocycles. The lowest BCUT2D eigenvalue weighted by Crippen LogP contribution is -2.34. The number of carboxylic acid groups (broad SMARTS) is 1. The SMILES string of the molecule is CCCCCCCCCCCCCCCC/C=C\CC/C=C\CCC(COC[C@@H](O)COP(=O)(O)OC[C@H](N)C(=O)O)OC. The van der Waals surface area contributed by atoms with E-state index in [1.165, 1.54) is 96.3 Å². The molecule has 4 atom stereocenters. The first-order valence-corrected chi connectivity index (χ1v) is 18.4. The van der Waals surface area contributed by atoms with Crippen LogP contribution < -0.4 is 5.73 Å². The highest BCUT2D eigenvalue weighted by Gasteiger charge is 2.25. The number of nitrogens with two attached hydrogens (primary N) is 1. The fraction of sp³-hybridized carbons (Fsp3) is 0.848. The minimum Gasteiger partial charge on any atom is -0.480 e. The van der Waals surface area contributed by atoms with Gasteiger partial charge >= 0.3 is 13.8 Å². The number of hydrogen-bond acceptors (Lipinski definition) is 8. The first kappa shape index (κ1) is 42.9. The average Bonchev–Trinajstić information content (AvgIpc) is 3.00. The summed E-state index contributed by atoms with van der Waals surface area (Å²) in [6, 6.07) is -1.46. The van der Waals surface area contributed by atoms with Crippen LogP contribution in [-0.4, -0.2) is 72.9 Å². The molecule has 260 valence electrons. The Balaban J connectivity index is 3.65. The Morgan fingerprint density at radius 2 is 1.20 bits per heavy atom. The van der Waals surface area contributed by atoms with E-state index < -0.39 is 39.2 Å². The summed E-state index contributed by atoms with van der Waals surface area (Å²) < 4.78 is 31.7. The Hall–Kier alpha value is -1.10. The number of carboxylic acids is 1. The molecule has 44 heavy (non-hydrogen) atoms. The number of aliphatic carboxylic acids is 1. The van der Waals surface area contributed by atoms with Crippen LogP contribution in [0.3, 0.4) is 0 Å². The van der Waals surface area contributed by atoms with E-state index in [0.717, 1.165) is 25.7 Å². The largest absolute Gasteiger partial charge is 0.480 e. The molecule has 0 aliphatic carbocycles. The maximum Gasteiger partial charge on any atom is 0.472 e. The monoisotopic (exact) mass is 649 g/mol. The summed E-state index contributed by atoms with van der Waals surface area (Å²) in [5.41, 5.74) is 5.21. The van der Waals surface area contributed by atoms with Crippen LogP contribution in [0.15, 0.2) is 24.3 Å². The van der Waals surface area contributed by atoms with Crippen molar-refractivity contribution in [2.45, 2.75) is 147 Å². The summed E-state index contributed by atoms with van der Waals surface area (Å²) in [6.45, 7) is 1.18. The molecular formula is C33H64NO9P. The molecule has 0 aromatic carbocycles. The van der Waals surface area contributed by atoms with E-state index in [9.17, 15) is 19.4 Å². The quantitative estimate of drug-likeness (QED) is 0.0319. The number of rotatable bonds is 33. The number of unbranched alkanes of at least 4 members (excludes halogenated alkanes) is 15. The zero-order chi connectivity index (χ0) is 32.7. The lowest BCUT2D eigenvalue weighted by molar-refractivity contribution is -0.139. The molecule has 0 radical (unpaired) electrons. The third-order valence-corrected chi connectivity index (χ3v) is 8.28. The number of hydrogen-bond donors (Lipinski definition) is 4. The van der Waals surface area contributed by atoms with Crippen molar-refractivity contribution in [2.75, 3.05) is 33.5 Å². The van der Waals surface area contributed by atoms with Gasteiger partial charge in [0.05, 0.1) is 32.5 Å². The molecule has 0 aliphatic heterocycles. The maximum atomic E-state index is 11.7. The normalized spacial score (nSPS) is 15.6. The van der Waals surface area contributed by atoms with Crippen molar-refractivity contribution in [2.24, 2.45) is 5.73 Å². The summed E-state index contributed by atoms with van der Waals surface area (Å²) in [6.07, 6.45) is 31.9. The molecule has 0 aromatic rings. The average molecular weight is 650 g/mol. The molecule has 0 saturated heterocycles. The van der Waals surface area contributed by atoms with Gasteiger partial charge in [-0.1, -0.05) is 115 Å². The van der Waals surface area contributed by atoms with Crippen LogP contribution in [0.1, 0.15) is 129 Å². The van der Waals surface area contributed by atoms with Gasteiger partial charge in [-0.2, -0.15) is 0 Å². The first-order chi connectivity index (χ1) is 21.2. The van der Waals surface area contributed by atoms with Gasteiger partial charge in [0.25, 0.3) is 0 Å². The van der Waals surface area contributed by atoms with Gasteiger partial charge in [0, 0.05) is 7.11 Å². The minimum atomic E-state index is -4.54. The Labute approximate surface area is 267 Å². The van der Waals surface area contributed by atoms with Crippen LogP contribution in [0, 0.1) is 0 Å². The van der Waals surface area contributed by atoms with Gasteiger partial charge in [0.2, 0.25) is 0 Å². The van der Waals surface area contributed by atoms with Crippen molar-refractivity contribution in [1.82, 2.24) is 0 Å². The second kappa shape index (κ2) is 30.5. The van der Waals surface area contributed by atoms with E-state index in [4.69, 9.17) is 20.3 Å². The van der Waals surface area contributed by atoms with Crippen molar-refractivity contribution >= 4 is 13.8 Å². The molecule has 0 amide bonds. The summed E-state index contributed by atoms with van der Waals surface area (Å²) in [5, 5.41) is 18.6. The molecule has 0 spiro atoms. The Bertz CT molecular complexity index is 766. The lowest BCUT2D eigenvalue weighted by atomic mass is 10.0. The van der Waals surface area contributed by atoms with Gasteiger partial charge < -0.3 is 30.3 Å². The van der Waals surface area contributed by atoms with E-state index in [2.05, 4.69) is 40.3 Å². The highest BCUT2D eigenvalue weighted by Crippen LogP contribution is 2.43. The molecule has 11 heteroatoms. The van der Waals surface area contributed by atoms with Crippen molar-refractivity contribution < 1.29 is 43.0 Å². The summed E-state index contributed by atoms with van der Waals surface area (Å²) in [4.78, 5) is 20.1. The zero-order valence-electron chi connectivity index (χ0n) is 27.6. The van der Waals surface area contributed by atoms with E-state index in [1.807, 2.05) is 0 Å². The van der Waals surface area contributed by atoms with Gasteiger partial charge in [0.1, 0.15) is 12.1 Å². The van der Waals surface area contributed by atoms with E-state index in [-0.39, 0.29) is 19.3 Å². The molecule has 2 unspecified atom stereocenters. The molecule has 0 rings (SSSR count). The lowest BCUT2D eigenvalue weighted by Gasteiger charge is -2.18. The third-order valence-electron chi connectivity index (χ3n) is 7.32. The third kappa shape index (κ3) is 29.6. The topological polar surface area (TPSA) is 158 Å². The summed E-state index contributed by atoms with van der Waals surface area (Å²) in [7, 11) is -2.94. The second-order valence-electron chi connectivity index (χ2n) is 11.5. The van der Waals surface area contributed by atoms with Crippen LogP contribution in [0.2, 0.25) is 0 Å². The molecular weight excluding hydrogens is 585 g/mol. The van der Waals surface area contributed by atoms with Crippen LogP contribution in [0.25, 0.3) is 0 Å². The molecule has 10 nitrogen and oxygen atoms in total. The van der Waals surface area contributed by atoms with Crippen molar-refractivity contribution in [1.29, 1.82) is 0 Å². The minimum absolute atomic E-state index is 0.129. The number of aliphatic hydroxyl groups is 1. The van der Waals surface area contributed by atoms with Gasteiger partial charge in [0.15, 0.2) is 0 Å². The van der Waals surface area contributed by atoms with Crippen molar-refractivity contribution in [3.63, 3.8) is 0 Å². The smallest absolute Gasteiger partial charge is 0.472 e. The van der Waals surface area contributed by atoms with Crippen LogP contribution >= 0.6 is 7.82 Å². The number of aliphatic hydroxyl groups excluding tert-OH is 1. The highest BCUT2D eigenvalue weighted by atomic mass is 31.2. The predicted octanol–water partition coefficient (Wildman–Crippen LogP) is 7.47. The Morgan fingerprint density at radius 1 is 0.727 bits per heavy atom. The number of carbonyl (C=O) groups is 1. The predicted molar refractivity (Wildman–Crippen MR) is 177 cm³/mol. The molecule has 0 aliphatic rings. The van der Waals surface area contributed by atoms with E-state index in [0.29, 0.717) is 0 Å². The molecule has 0 saturated carbocycles. The first-order valence-electron chi connectivity index (χ1n) is 16.9. The molecule has 0 aromatic heterocycles. The van der Waals surface area contributed by atoms with E-state index >= 15 is 0 Å². The highest BCUT2D eigenvalue weighted by molar-refractivity contribution is 7.47. The van der Waals surface area contributed by atoms with Crippen LogP contribution in [0.4, 0.5) is 0 Å². The van der Waals surface area contributed by atoms with Crippen molar-refractivity contribution in [3.8, 4) is 0 Å². The van der Waals surface area contributed by atoms with Gasteiger partial charge in [-0.15, -0.1) is 0 Å². The van der Waals surface area contributed by atoms with Crippen molar-refractivity contribution in [3.05, 3.63) is 24.3 Å². The maximum absolute atomic E-state index is 11.7. The fourth-order valence-corrected chi connectivity index (χ4v) is 5.30. The number of methoxy groups -OCH3 is 1. The number of ether oxygens (including phenoxy) is 2. The number of phosphoric acid groups is 1. The van der Waals surface area contributed by atoms with Crippen LogP contribution in [-0.2, 0) is 27.9 Å². The van der Waals surface area contributed by atoms with Gasteiger partial charge in [-0.3, -0.25) is 13.8 Å². The standard InChI is InChI=1S/C33H64NO9P/c1-3-4-5-6-7-8-9-10-11-12-13-14-15-16-17-18-19-20-21-22-23-24-25-31(40-2)28-41-26-30(35)27-42-44(38,39)43-29-32(34)33(36)37/h18-19,22-23,30-32,35H,3-17,20-21,24-29,34H2,1-2H3,(H,36,37)(H,38,39)/b19-18-,23-22-/t30-,31?,32+/m1/s1. The Kier molecular flexibility index (Phi) is 29.8. The van der Waals surface area contributed by atoms with Gasteiger partial charge in [-0.05, 0) is 38.5 Å². The van der Waals surface area contributed by atoms with Gasteiger partial charge in [-0.25, -0.2) is 4.57 Å². The second-order valence-corrected chi connectivity index (χ2v) is 13.0. The summed E-state index contributed by atoms with van der Waals surface area (Å²) in [5.74, 6) is -1.38.